The van der Waals surface area contributed by atoms with E-state index in [1.165, 1.54) is 18.0 Å². The van der Waals surface area contributed by atoms with Gasteiger partial charge in [0, 0.05) is 25.2 Å². The van der Waals surface area contributed by atoms with E-state index in [1.54, 1.807) is 0 Å². The van der Waals surface area contributed by atoms with Gasteiger partial charge in [-0.15, -0.1) is 0 Å². The highest BCUT2D eigenvalue weighted by Gasteiger charge is 2.27. The van der Waals surface area contributed by atoms with Crippen molar-refractivity contribution in [2.45, 2.75) is 25.7 Å². The van der Waals surface area contributed by atoms with Gasteiger partial charge in [-0.2, -0.15) is 19.6 Å². The number of nitrogens with zero attached hydrogens (tertiary/aromatic N) is 5. The van der Waals surface area contributed by atoms with E-state index in [0.29, 0.717) is 5.82 Å². The highest BCUT2D eigenvalue weighted by molar-refractivity contribution is 6.33. The maximum atomic E-state index is 14.8. The lowest BCUT2D eigenvalue weighted by molar-refractivity contribution is 0.407. The summed E-state index contributed by atoms with van der Waals surface area (Å²) in [5, 5.41) is 4.20. The van der Waals surface area contributed by atoms with Crippen LogP contribution in [0.2, 0.25) is 5.15 Å². The van der Waals surface area contributed by atoms with E-state index in [1.807, 2.05) is 0 Å². The first-order chi connectivity index (χ1) is 13.1. The van der Waals surface area contributed by atoms with Gasteiger partial charge in [-0.1, -0.05) is 24.4 Å². The summed E-state index contributed by atoms with van der Waals surface area (Å²) in [6, 6.07) is 2.26. The summed E-state index contributed by atoms with van der Waals surface area (Å²) in [5.74, 6) is -0.655. The fourth-order valence-corrected chi connectivity index (χ4v) is 3.75. The third kappa shape index (κ3) is 3.18. The fourth-order valence-electron chi connectivity index (χ4n) is 3.50. The quantitative estimate of drug-likeness (QED) is 0.627. The molecule has 0 amide bonds. The molecule has 3 heterocycles. The lowest BCUT2D eigenvalue weighted by Gasteiger charge is -2.26. The third-order valence-corrected chi connectivity index (χ3v) is 5.04. The molecule has 6 nitrogen and oxygen atoms in total. The van der Waals surface area contributed by atoms with Gasteiger partial charge >= 0.3 is 0 Å². The minimum absolute atomic E-state index is 0.0160. The molecule has 3 aromatic rings. The molecule has 1 fully saturated rings. The van der Waals surface area contributed by atoms with Crippen molar-refractivity contribution < 1.29 is 13.5 Å². The number of ether oxygens (including phenoxy) is 1. The highest BCUT2D eigenvalue weighted by atomic mass is 35.5. The SMILES string of the molecule is COc1cc(F)c(-c2c(Cl)nc3ncnn3c2N2CCCCCC2)c(F)c1. The molecule has 1 aliphatic rings. The van der Waals surface area contributed by atoms with E-state index in [0.717, 1.165) is 50.9 Å². The van der Waals surface area contributed by atoms with Gasteiger partial charge < -0.3 is 9.64 Å². The fraction of sp³-hybridized carbons (Fsp3) is 0.389. The second-order valence-electron chi connectivity index (χ2n) is 6.44. The third-order valence-electron chi connectivity index (χ3n) is 4.77. The minimum atomic E-state index is -0.772. The van der Waals surface area contributed by atoms with Gasteiger partial charge in [0.2, 0.25) is 0 Å². The molecule has 1 aromatic carbocycles. The Labute approximate surface area is 159 Å². The molecule has 1 aliphatic heterocycles. The number of anilines is 1. The Morgan fingerprint density at radius 3 is 2.33 bits per heavy atom. The highest BCUT2D eigenvalue weighted by Crippen LogP contribution is 2.40. The molecule has 0 spiro atoms. The molecular formula is C18H18ClF2N5O. The number of halogens is 3. The molecule has 0 aliphatic carbocycles. The topological polar surface area (TPSA) is 55.6 Å². The molecule has 2 aromatic heterocycles. The molecule has 0 unspecified atom stereocenters. The van der Waals surface area contributed by atoms with E-state index in [9.17, 15) is 8.78 Å². The van der Waals surface area contributed by atoms with Crippen LogP contribution in [0.25, 0.3) is 16.9 Å². The maximum absolute atomic E-state index is 14.8. The van der Waals surface area contributed by atoms with Crippen molar-refractivity contribution >= 4 is 23.2 Å². The second-order valence-corrected chi connectivity index (χ2v) is 6.80. The van der Waals surface area contributed by atoms with Crippen LogP contribution in [0.3, 0.4) is 0 Å². The van der Waals surface area contributed by atoms with E-state index in [-0.39, 0.29) is 27.8 Å². The van der Waals surface area contributed by atoms with Crippen LogP contribution in [0.5, 0.6) is 5.75 Å². The molecule has 0 radical (unpaired) electrons. The lowest BCUT2D eigenvalue weighted by Crippen LogP contribution is -2.27. The number of hydrogen-bond donors (Lipinski definition) is 0. The minimum Gasteiger partial charge on any atom is -0.497 e. The van der Waals surface area contributed by atoms with Gasteiger partial charge in [0.1, 0.15) is 34.7 Å². The predicted molar refractivity (Wildman–Crippen MR) is 98.4 cm³/mol. The second kappa shape index (κ2) is 7.26. The zero-order valence-corrected chi connectivity index (χ0v) is 15.5. The molecule has 1 saturated heterocycles. The van der Waals surface area contributed by atoms with Gasteiger partial charge in [0.15, 0.2) is 0 Å². The van der Waals surface area contributed by atoms with Crippen LogP contribution < -0.4 is 9.64 Å². The van der Waals surface area contributed by atoms with Crippen molar-refractivity contribution in [3.8, 4) is 16.9 Å². The van der Waals surface area contributed by atoms with Gasteiger partial charge in [0.25, 0.3) is 5.78 Å². The Kier molecular flexibility index (Phi) is 4.82. The smallest absolute Gasteiger partial charge is 0.255 e. The van der Waals surface area contributed by atoms with E-state index in [4.69, 9.17) is 16.3 Å². The van der Waals surface area contributed by atoms with E-state index in [2.05, 4.69) is 20.0 Å². The molecule has 142 valence electrons. The molecule has 0 N–H and O–H groups in total. The summed E-state index contributed by atoms with van der Waals surface area (Å²) in [6.07, 6.45) is 5.52. The van der Waals surface area contributed by atoms with Gasteiger partial charge in [-0.25, -0.2) is 8.78 Å². The van der Waals surface area contributed by atoms with Crippen LogP contribution in [-0.4, -0.2) is 39.8 Å². The summed E-state index contributed by atoms with van der Waals surface area (Å²) in [5.41, 5.74) is -0.0702. The average Bonchev–Trinajstić information content (AvgIpc) is 2.94. The Hall–Kier alpha value is -2.48. The van der Waals surface area contributed by atoms with E-state index < -0.39 is 11.6 Å². The van der Waals surface area contributed by atoms with Crippen molar-refractivity contribution in [1.82, 2.24) is 19.6 Å². The maximum Gasteiger partial charge on any atom is 0.255 e. The zero-order chi connectivity index (χ0) is 19.0. The number of hydrogen-bond acceptors (Lipinski definition) is 5. The van der Waals surface area contributed by atoms with Crippen LogP contribution in [0.4, 0.5) is 14.6 Å². The van der Waals surface area contributed by atoms with E-state index >= 15 is 0 Å². The van der Waals surface area contributed by atoms with Crippen molar-refractivity contribution in [2.24, 2.45) is 0 Å². The summed E-state index contributed by atoms with van der Waals surface area (Å²) in [7, 11) is 1.35. The summed E-state index contributed by atoms with van der Waals surface area (Å²) in [4.78, 5) is 10.3. The first kappa shape index (κ1) is 17.9. The summed E-state index contributed by atoms with van der Waals surface area (Å²) < 4.78 is 36.1. The summed E-state index contributed by atoms with van der Waals surface area (Å²) >= 11 is 6.39. The Balaban J connectivity index is 2.00. The molecular weight excluding hydrogens is 376 g/mol. The Morgan fingerprint density at radius 1 is 1.04 bits per heavy atom. The first-order valence-corrected chi connectivity index (χ1v) is 9.15. The number of fused-ring (bicyclic) bond motifs is 1. The van der Waals surface area contributed by atoms with Crippen LogP contribution >= 0.6 is 11.6 Å². The molecule has 0 saturated carbocycles. The Bertz CT molecular complexity index is 962. The van der Waals surface area contributed by atoms with Crippen LogP contribution in [0, 0.1) is 11.6 Å². The largest absolute Gasteiger partial charge is 0.497 e. The van der Waals surface area contributed by atoms with Crippen molar-refractivity contribution in [3.63, 3.8) is 0 Å². The van der Waals surface area contributed by atoms with Gasteiger partial charge in [-0.05, 0) is 12.8 Å². The zero-order valence-electron chi connectivity index (χ0n) is 14.8. The Morgan fingerprint density at radius 2 is 1.70 bits per heavy atom. The molecule has 27 heavy (non-hydrogen) atoms. The molecule has 9 heteroatoms. The number of benzene rings is 1. The number of aromatic nitrogens is 4. The number of rotatable bonds is 3. The van der Waals surface area contributed by atoms with Crippen molar-refractivity contribution in [2.75, 3.05) is 25.1 Å². The average molecular weight is 394 g/mol. The van der Waals surface area contributed by atoms with Crippen LogP contribution in [-0.2, 0) is 0 Å². The standard InChI is InChI=1S/C18H18ClF2N5O/c1-27-11-8-12(20)14(13(21)9-11)15-16(19)24-18-22-10-23-26(18)17(15)25-6-4-2-3-5-7-25/h8-10H,2-7H2,1H3. The first-order valence-electron chi connectivity index (χ1n) is 8.77. The van der Waals surface area contributed by atoms with Crippen molar-refractivity contribution in [1.29, 1.82) is 0 Å². The molecule has 0 atom stereocenters. The van der Waals surface area contributed by atoms with Gasteiger partial charge in [0.05, 0.1) is 18.2 Å². The summed E-state index contributed by atoms with van der Waals surface area (Å²) in [6.45, 7) is 1.48. The molecule has 4 rings (SSSR count). The number of methoxy groups -OCH3 is 1. The normalized spacial score (nSPS) is 15.2. The predicted octanol–water partition coefficient (Wildman–Crippen LogP) is 4.11. The van der Waals surface area contributed by atoms with Crippen molar-refractivity contribution in [3.05, 3.63) is 35.2 Å². The van der Waals surface area contributed by atoms with Gasteiger partial charge in [-0.3, -0.25) is 0 Å². The molecule has 0 bridgehead atoms. The van der Waals surface area contributed by atoms with Crippen LogP contribution in [0.1, 0.15) is 25.7 Å². The lowest BCUT2D eigenvalue weighted by atomic mass is 10.1. The van der Waals surface area contributed by atoms with Crippen LogP contribution in [0.15, 0.2) is 18.5 Å². The monoisotopic (exact) mass is 393 g/mol.